The Labute approximate surface area is 122 Å². The van der Waals surface area contributed by atoms with Crippen LogP contribution >= 0.6 is 0 Å². The summed E-state index contributed by atoms with van der Waals surface area (Å²) in [6.07, 6.45) is 0.364. The Kier molecular flexibility index (Phi) is 3.25. The number of rotatable bonds is 3. The van der Waals surface area contributed by atoms with Gasteiger partial charge < -0.3 is 16.0 Å². The summed E-state index contributed by atoms with van der Waals surface area (Å²) in [5.41, 5.74) is 10.1. The first-order valence-electron chi connectivity index (χ1n) is 6.84. The van der Waals surface area contributed by atoms with Crippen molar-refractivity contribution in [3.05, 3.63) is 47.8 Å². The molecule has 108 valence electrons. The molecule has 3 rings (SSSR count). The van der Waals surface area contributed by atoms with Crippen LogP contribution in [-0.2, 0) is 11.2 Å². The van der Waals surface area contributed by atoms with Crippen molar-refractivity contribution >= 4 is 28.7 Å². The van der Waals surface area contributed by atoms with Crippen LogP contribution in [-0.4, -0.2) is 12.5 Å². The molecule has 1 amide bonds. The van der Waals surface area contributed by atoms with Crippen LogP contribution in [0, 0.1) is 5.82 Å². The Morgan fingerprint density at radius 2 is 2.00 bits per heavy atom. The molecule has 3 N–H and O–H groups in total. The normalized spacial score (nSPS) is 13.0. The van der Waals surface area contributed by atoms with Crippen molar-refractivity contribution in [1.29, 1.82) is 0 Å². The second-order valence-corrected chi connectivity index (χ2v) is 5.01. The van der Waals surface area contributed by atoms with E-state index < -0.39 is 0 Å². The summed E-state index contributed by atoms with van der Waals surface area (Å²) in [6.45, 7) is 2.68. The maximum Gasteiger partial charge on any atom is 0.228 e. The maximum atomic E-state index is 13.1. The summed E-state index contributed by atoms with van der Waals surface area (Å²) in [5.74, 6) is -0.296. The molecular weight excluding hydrogens is 269 g/mol. The molecule has 1 heterocycles. The lowest BCUT2D eigenvalue weighted by atomic mass is 10.1. The lowest BCUT2D eigenvalue weighted by Gasteiger charge is -2.25. The minimum Gasteiger partial charge on any atom is -0.397 e. The number of nitrogens with zero attached hydrogens (tertiary/aromatic N) is 1. The van der Waals surface area contributed by atoms with Gasteiger partial charge in [0.2, 0.25) is 5.91 Å². The van der Waals surface area contributed by atoms with E-state index in [2.05, 4.69) is 5.32 Å². The summed E-state index contributed by atoms with van der Waals surface area (Å²) in [6, 6.07) is 9.97. The number of nitrogen functional groups attached to an aromatic ring is 1. The van der Waals surface area contributed by atoms with Crippen molar-refractivity contribution in [2.45, 2.75) is 13.3 Å². The molecule has 0 fully saturated rings. The molecule has 0 saturated carbocycles. The largest absolute Gasteiger partial charge is 0.397 e. The van der Waals surface area contributed by atoms with Crippen molar-refractivity contribution in [1.82, 2.24) is 0 Å². The van der Waals surface area contributed by atoms with Gasteiger partial charge in [-0.25, -0.2) is 4.39 Å². The number of amides is 1. The second-order valence-electron chi connectivity index (χ2n) is 5.01. The van der Waals surface area contributed by atoms with Crippen molar-refractivity contribution in [3.8, 4) is 0 Å². The summed E-state index contributed by atoms with van der Waals surface area (Å²) < 4.78 is 13.1. The zero-order valence-electron chi connectivity index (χ0n) is 11.7. The second kappa shape index (κ2) is 5.09. The smallest absolute Gasteiger partial charge is 0.228 e. The highest BCUT2D eigenvalue weighted by Crippen LogP contribution is 2.36. The molecular formula is C16H16FN3O. The number of halogens is 1. The van der Waals surface area contributed by atoms with Gasteiger partial charge in [0, 0.05) is 17.9 Å². The average molecular weight is 285 g/mol. The van der Waals surface area contributed by atoms with Gasteiger partial charge in [-0.1, -0.05) is 0 Å². The van der Waals surface area contributed by atoms with Crippen LogP contribution in [0.3, 0.4) is 0 Å². The van der Waals surface area contributed by atoms with Crippen LogP contribution in [0.4, 0.5) is 27.1 Å². The summed E-state index contributed by atoms with van der Waals surface area (Å²) in [5, 5.41) is 2.82. The van der Waals surface area contributed by atoms with Crippen LogP contribution in [0.2, 0.25) is 0 Å². The van der Waals surface area contributed by atoms with E-state index in [4.69, 9.17) is 5.73 Å². The highest BCUT2D eigenvalue weighted by molar-refractivity contribution is 6.01. The van der Waals surface area contributed by atoms with E-state index in [1.807, 2.05) is 24.0 Å². The van der Waals surface area contributed by atoms with Crippen molar-refractivity contribution in [3.63, 3.8) is 0 Å². The molecule has 1 aliphatic heterocycles. The predicted octanol–water partition coefficient (Wildman–Crippen LogP) is 3.06. The van der Waals surface area contributed by atoms with Crippen LogP contribution < -0.4 is 16.0 Å². The molecule has 5 heteroatoms. The van der Waals surface area contributed by atoms with Gasteiger partial charge in [-0.2, -0.15) is 0 Å². The minimum absolute atomic E-state index is 0.0219. The Balaban J connectivity index is 2.03. The van der Waals surface area contributed by atoms with Gasteiger partial charge in [0.1, 0.15) is 5.82 Å². The third-order valence-electron chi connectivity index (χ3n) is 3.62. The average Bonchev–Trinajstić information content (AvgIpc) is 2.81. The SMILES string of the molecule is CCN(c1ccc(F)cc1)c1cc2c(cc1N)CC(=O)N2. The number of nitrogens with two attached hydrogens (primary N) is 1. The van der Waals surface area contributed by atoms with Crippen LogP contribution in [0.5, 0.6) is 0 Å². The predicted molar refractivity (Wildman–Crippen MR) is 82.3 cm³/mol. The number of hydrogen-bond donors (Lipinski definition) is 2. The molecule has 0 atom stereocenters. The molecule has 2 aromatic rings. The Morgan fingerprint density at radius 3 is 2.67 bits per heavy atom. The molecule has 0 radical (unpaired) electrons. The lowest BCUT2D eigenvalue weighted by Crippen LogP contribution is -2.17. The van der Waals surface area contributed by atoms with Crippen LogP contribution in [0.25, 0.3) is 0 Å². The zero-order valence-corrected chi connectivity index (χ0v) is 11.7. The van der Waals surface area contributed by atoms with E-state index in [1.165, 1.54) is 12.1 Å². The van der Waals surface area contributed by atoms with E-state index in [0.717, 1.165) is 22.6 Å². The summed E-state index contributed by atoms with van der Waals surface area (Å²) >= 11 is 0. The van der Waals surface area contributed by atoms with E-state index in [9.17, 15) is 9.18 Å². The van der Waals surface area contributed by atoms with Gasteiger partial charge >= 0.3 is 0 Å². The molecule has 21 heavy (non-hydrogen) atoms. The quantitative estimate of drug-likeness (QED) is 0.852. The number of carbonyl (C=O) groups is 1. The van der Waals surface area contributed by atoms with Crippen LogP contribution in [0.1, 0.15) is 12.5 Å². The molecule has 0 saturated heterocycles. The Morgan fingerprint density at radius 1 is 1.29 bits per heavy atom. The van der Waals surface area contributed by atoms with Crippen molar-refractivity contribution in [2.24, 2.45) is 0 Å². The van der Waals surface area contributed by atoms with E-state index in [1.54, 1.807) is 12.1 Å². The topological polar surface area (TPSA) is 58.4 Å². The van der Waals surface area contributed by atoms with Gasteiger partial charge in [0.05, 0.1) is 17.8 Å². The van der Waals surface area contributed by atoms with E-state index >= 15 is 0 Å². The van der Waals surface area contributed by atoms with Gasteiger partial charge in [0.15, 0.2) is 0 Å². The first-order valence-corrected chi connectivity index (χ1v) is 6.84. The number of nitrogens with one attached hydrogen (secondary N) is 1. The number of benzene rings is 2. The molecule has 2 aromatic carbocycles. The standard InChI is InChI=1S/C16H16FN3O/c1-2-20(12-5-3-11(17)4-6-12)15-9-14-10(7-13(15)18)8-16(21)19-14/h3-7,9H,2,8,18H2,1H3,(H,19,21). The highest BCUT2D eigenvalue weighted by atomic mass is 19.1. The summed E-state index contributed by atoms with van der Waals surface area (Å²) in [7, 11) is 0. The first-order chi connectivity index (χ1) is 10.1. The molecule has 0 aromatic heterocycles. The Hall–Kier alpha value is -2.56. The van der Waals surface area contributed by atoms with Gasteiger partial charge in [-0.15, -0.1) is 0 Å². The van der Waals surface area contributed by atoms with E-state index in [-0.39, 0.29) is 11.7 Å². The lowest BCUT2D eigenvalue weighted by molar-refractivity contribution is -0.115. The van der Waals surface area contributed by atoms with E-state index in [0.29, 0.717) is 18.7 Å². The molecule has 0 spiro atoms. The molecule has 4 nitrogen and oxygen atoms in total. The maximum absolute atomic E-state index is 13.1. The minimum atomic E-state index is -0.274. The fraction of sp³-hybridized carbons (Fsp3) is 0.188. The molecule has 0 bridgehead atoms. The number of carbonyl (C=O) groups excluding carboxylic acids is 1. The number of fused-ring (bicyclic) bond motifs is 1. The first kappa shape index (κ1) is 13.4. The van der Waals surface area contributed by atoms with Crippen LogP contribution in [0.15, 0.2) is 36.4 Å². The van der Waals surface area contributed by atoms with Gasteiger partial charge in [-0.05, 0) is 48.9 Å². The highest BCUT2D eigenvalue weighted by Gasteiger charge is 2.21. The number of anilines is 4. The monoisotopic (exact) mass is 285 g/mol. The van der Waals surface area contributed by atoms with Crippen molar-refractivity contribution in [2.75, 3.05) is 22.5 Å². The fourth-order valence-corrected chi connectivity index (χ4v) is 2.63. The van der Waals surface area contributed by atoms with Crippen molar-refractivity contribution < 1.29 is 9.18 Å². The fourth-order valence-electron chi connectivity index (χ4n) is 2.63. The third kappa shape index (κ3) is 2.42. The van der Waals surface area contributed by atoms with Gasteiger partial charge in [0.25, 0.3) is 0 Å². The third-order valence-corrected chi connectivity index (χ3v) is 3.62. The molecule has 0 aliphatic carbocycles. The Bertz CT molecular complexity index is 697. The zero-order chi connectivity index (χ0) is 15.0. The number of hydrogen-bond acceptors (Lipinski definition) is 3. The molecule has 1 aliphatic rings. The molecule has 0 unspecified atom stereocenters. The summed E-state index contributed by atoms with van der Waals surface area (Å²) in [4.78, 5) is 13.4. The van der Waals surface area contributed by atoms with Gasteiger partial charge in [-0.3, -0.25) is 4.79 Å².